The Labute approximate surface area is 139 Å². The summed E-state index contributed by atoms with van der Waals surface area (Å²) in [5.41, 5.74) is 2.42. The molecule has 1 aliphatic rings. The van der Waals surface area contributed by atoms with E-state index in [0.29, 0.717) is 0 Å². The van der Waals surface area contributed by atoms with Crippen LogP contribution in [0.15, 0.2) is 22.9 Å². The molecule has 1 aliphatic carbocycles. The molecule has 0 bridgehead atoms. The summed E-state index contributed by atoms with van der Waals surface area (Å²) in [6.45, 7) is 1.48. The third kappa shape index (κ3) is 2.80. The molecule has 0 heterocycles. The Morgan fingerprint density at radius 1 is 1.17 bits per heavy atom. The van der Waals surface area contributed by atoms with Crippen LogP contribution >= 0.6 is 0 Å². The molecule has 1 atom stereocenters. The van der Waals surface area contributed by atoms with Crippen molar-refractivity contribution in [2.45, 2.75) is 19.8 Å². The van der Waals surface area contributed by atoms with Crippen LogP contribution < -0.4 is 5.73 Å². The van der Waals surface area contributed by atoms with Crippen LogP contribution in [0, 0.1) is 44.8 Å². The lowest BCUT2D eigenvalue weighted by molar-refractivity contribution is -0.143. The van der Waals surface area contributed by atoms with Crippen LogP contribution in [0.2, 0.25) is 0 Å². The highest BCUT2D eigenvalue weighted by Crippen LogP contribution is 2.52. The number of rotatable bonds is 4. The van der Waals surface area contributed by atoms with Gasteiger partial charge in [0.1, 0.15) is 6.07 Å². The van der Waals surface area contributed by atoms with Crippen molar-refractivity contribution in [2.24, 2.45) is 16.6 Å². The highest BCUT2D eigenvalue weighted by Gasteiger charge is 2.55. The van der Waals surface area contributed by atoms with E-state index in [1.165, 1.54) is 27.2 Å². The van der Waals surface area contributed by atoms with E-state index in [-0.39, 0.29) is 29.7 Å². The average Bonchev–Trinajstić information content (AvgIpc) is 2.55. The van der Waals surface area contributed by atoms with Crippen LogP contribution in [-0.2, 0) is 19.1 Å². The highest BCUT2D eigenvalue weighted by atomic mass is 16.5. The lowest BCUT2D eigenvalue weighted by Crippen LogP contribution is -2.45. The van der Waals surface area contributed by atoms with Crippen LogP contribution in [0.4, 0.5) is 0 Å². The third-order valence-corrected chi connectivity index (χ3v) is 4.09. The van der Waals surface area contributed by atoms with Crippen molar-refractivity contribution in [2.75, 3.05) is 14.2 Å². The zero-order valence-electron chi connectivity index (χ0n) is 13.5. The van der Waals surface area contributed by atoms with Gasteiger partial charge in [-0.3, -0.25) is 9.59 Å². The topological polar surface area (TPSA) is 150 Å². The molecule has 0 saturated carbocycles. The quantitative estimate of drug-likeness (QED) is 0.745. The Hall–Kier alpha value is -3.31. The molecule has 0 radical (unpaired) electrons. The number of methoxy groups -OCH3 is 2. The summed E-state index contributed by atoms with van der Waals surface area (Å²) in [5.74, 6) is -1.28. The Kier molecular flexibility index (Phi) is 5.35. The molecule has 8 heteroatoms. The maximum Gasteiger partial charge on any atom is 0.310 e. The van der Waals surface area contributed by atoms with Crippen LogP contribution in [0.3, 0.4) is 0 Å². The summed E-state index contributed by atoms with van der Waals surface area (Å²) in [4.78, 5) is 23.3. The van der Waals surface area contributed by atoms with Gasteiger partial charge in [-0.15, -0.1) is 0 Å². The Morgan fingerprint density at radius 2 is 1.71 bits per heavy atom. The predicted octanol–water partition coefficient (Wildman–Crippen LogP) is 0.829. The summed E-state index contributed by atoms with van der Waals surface area (Å²) in [5, 5.41) is 28.5. The van der Waals surface area contributed by atoms with Crippen molar-refractivity contribution < 1.29 is 19.1 Å². The lowest BCUT2D eigenvalue weighted by atomic mass is 9.58. The van der Waals surface area contributed by atoms with E-state index in [0.717, 1.165) is 0 Å². The summed E-state index contributed by atoms with van der Waals surface area (Å²) in [6, 6.07) is 5.47. The third-order valence-electron chi connectivity index (χ3n) is 4.09. The van der Waals surface area contributed by atoms with E-state index in [1.807, 2.05) is 18.2 Å². The molecule has 0 aliphatic heterocycles. The second-order valence-corrected chi connectivity index (χ2v) is 5.47. The Bertz CT molecular complexity index is 746. The molecular weight excluding hydrogens is 312 g/mol. The van der Waals surface area contributed by atoms with Crippen LogP contribution in [0.25, 0.3) is 0 Å². The average molecular weight is 328 g/mol. The highest BCUT2D eigenvalue weighted by molar-refractivity contribution is 5.77. The number of ether oxygens (including phenoxy) is 2. The normalized spacial score (nSPS) is 21.6. The van der Waals surface area contributed by atoms with Gasteiger partial charge < -0.3 is 15.2 Å². The van der Waals surface area contributed by atoms with Crippen molar-refractivity contribution in [3.05, 3.63) is 22.9 Å². The van der Waals surface area contributed by atoms with Gasteiger partial charge >= 0.3 is 11.9 Å². The van der Waals surface area contributed by atoms with Crippen LogP contribution in [0.1, 0.15) is 19.8 Å². The standard InChI is InChI=1S/C16H16N4O4/c1-15(6-13(22)24-3)5-10(4-12(21)23-2)11(7-17)14(20)16(15,8-18)9-19/h5H,4,6,20H2,1-3H3/t15-/m0/s1. The Balaban J connectivity index is 3.66. The first kappa shape index (κ1) is 18.7. The minimum absolute atomic E-state index is 0.133. The first-order chi connectivity index (χ1) is 11.2. The van der Waals surface area contributed by atoms with Gasteiger partial charge in [0.15, 0.2) is 5.41 Å². The lowest BCUT2D eigenvalue weighted by Gasteiger charge is -2.40. The molecule has 2 N–H and O–H groups in total. The Morgan fingerprint density at radius 3 is 2.12 bits per heavy atom. The number of esters is 2. The van der Waals surface area contributed by atoms with Gasteiger partial charge in [-0.1, -0.05) is 13.0 Å². The number of nitriles is 3. The van der Waals surface area contributed by atoms with E-state index < -0.39 is 22.8 Å². The van der Waals surface area contributed by atoms with Gasteiger partial charge in [0, 0.05) is 5.41 Å². The summed E-state index contributed by atoms with van der Waals surface area (Å²) in [6.07, 6.45) is 0.792. The first-order valence-electron chi connectivity index (χ1n) is 6.83. The molecule has 0 spiro atoms. The number of nitrogens with zero attached hydrogens (tertiary/aromatic N) is 3. The van der Waals surface area contributed by atoms with Crippen molar-refractivity contribution >= 4 is 11.9 Å². The van der Waals surface area contributed by atoms with E-state index in [4.69, 9.17) is 5.73 Å². The molecule has 0 aromatic heterocycles. The minimum atomic E-state index is -1.94. The molecule has 1 rings (SSSR count). The van der Waals surface area contributed by atoms with E-state index in [1.54, 1.807) is 0 Å². The fraction of sp³-hybridized carbons (Fsp3) is 0.438. The smallest absolute Gasteiger partial charge is 0.310 e. The molecule has 0 amide bonds. The largest absolute Gasteiger partial charge is 0.469 e. The molecule has 0 unspecified atom stereocenters. The van der Waals surface area contributed by atoms with E-state index >= 15 is 0 Å². The van der Waals surface area contributed by atoms with Crippen LogP contribution in [-0.4, -0.2) is 26.2 Å². The summed E-state index contributed by atoms with van der Waals surface area (Å²) < 4.78 is 9.21. The molecule has 0 aromatic rings. The summed E-state index contributed by atoms with van der Waals surface area (Å²) in [7, 11) is 2.36. The monoisotopic (exact) mass is 328 g/mol. The SMILES string of the molecule is COC(=O)CC1=C[C@@](C)(CC(=O)OC)C(C#N)(C#N)C(N)=C1C#N. The number of nitrogens with two attached hydrogens (primary N) is 1. The zero-order chi connectivity index (χ0) is 18.5. The molecule has 0 fully saturated rings. The molecule has 8 nitrogen and oxygen atoms in total. The minimum Gasteiger partial charge on any atom is -0.469 e. The number of carbonyl (C=O) groups excluding carboxylic acids is 2. The maximum atomic E-state index is 11.8. The van der Waals surface area contributed by atoms with Crippen molar-refractivity contribution in [1.29, 1.82) is 15.8 Å². The van der Waals surface area contributed by atoms with Gasteiger partial charge in [0.2, 0.25) is 0 Å². The van der Waals surface area contributed by atoms with Crippen molar-refractivity contribution in [3.63, 3.8) is 0 Å². The molecule has 0 saturated heterocycles. The second kappa shape index (κ2) is 6.85. The first-order valence-corrected chi connectivity index (χ1v) is 6.83. The van der Waals surface area contributed by atoms with Gasteiger partial charge in [-0.05, 0) is 5.57 Å². The number of hydrogen-bond donors (Lipinski definition) is 1. The van der Waals surface area contributed by atoms with Crippen molar-refractivity contribution in [1.82, 2.24) is 0 Å². The van der Waals surface area contributed by atoms with Gasteiger partial charge in [0.25, 0.3) is 0 Å². The molecule has 0 aromatic carbocycles. The molecule has 124 valence electrons. The molecule has 24 heavy (non-hydrogen) atoms. The van der Waals surface area contributed by atoms with E-state index in [9.17, 15) is 25.4 Å². The van der Waals surface area contributed by atoms with Gasteiger partial charge in [-0.2, -0.15) is 15.8 Å². The van der Waals surface area contributed by atoms with Gasteiger partial charge in [-0.25, -0.2) is 0 Å². The fourth-order valence-electron chi connectivity index (χ4n) is 2.69. The van der Waals surface area contributed by atoms with E-state index in [2.05, 4.69) is 9.47 Å². The van der Waals surface area contributed by atoms with Crippen molar-refractivity contribution in [3.8, 4) is 18.2 Å². The van der Waals surface area contributed by atoms with Gasteiger partial charge in [0.05, 0.1) is 50.5 Å². The predicted molar refractivity (Wildman–Crippen MR) is 79.9 cm³/mol. The number of hydrogen-bond acceptors (Lipinski definition) is 8. The maximum absolute atomic E-state index is 11.8. The fourth-order valence-corrected chi connectivity index (χ4v) is 2.69. The molecular formula is C16H16N4O4. The summed E-state index contributed by atoms with van der Waals surface area (Å²) >= 11 is 0. The zero-order valence-corrected chi connectivity index (χ0v) is 13.5. The second-order valence-electron chi connectivity index (χ2n) is 5.47. The van der Waals surface area contributed by atoms with Crippen LogP contribution in [0.5, 0.6) is 0 Å². The number of allylic oxidation sites excluding steroid dienone is 3. The number of carbonyl (C=O) groups is 2.